The van der Waals surface area contributed by atoms with Crippen molar-refractivity contribution in [3.63, 3.8) is 0 Å². The molecule has 1 heterocycles. The number of nitrogens with one attached hydrogen (secondary N) is 1. The largest absolute Gasteiger partial charge is 0.383 e. The fourth-order valence-electron chi connectivity index (χ4n) is 1.61. The van der Waals surface area contributed by atoms with Crippen LogP contribution in [0.5, 0.6) is 0 Å². The Morgan fingerprint density at radius 1 is 1.37 bits per heavy atom. The van der Waals surface area contributed by atoms with Gasteiger partial charge in [0.15, 0.2) is 0 Å². The zero-order valence-corrected chi connectivity index (χ0v) is 11.5. The van der Waals surface area contributed by atoms with Crippen molar-refractivity contribution in [2.75, 3.05) is 20.3 Å². The van der Waals surface area contributed by atoms with E-state index in [-0.39, 0.29) is 0 Å². The van der Waals surface area contributed by atoms with Crippen molar-refractivity contribution in [3.05, 3.63) is 40.2 Å². The van der Waals surface area contributed by atoms with Gasteiger partial charge in [0.05, 0.1) is 23.9 Å². The van der Waals surface area contributed by atoms with Crippen LogP contribution in [0, 0.1) is 11.3 Å². The Kier molecular flexibility index (Phi) is 5.04. The number of hydrogen-bond acceptors (Lipinski definition) is 5. The minimum Gasteiger partial charge on any atom is -0.383 e. The first-order valence-corrected chi connectivity index (χ1v) is 6.86. The number of aromatic nitrogens is 1. The van der Waals surface area contributed by atoms with Crippen molar-refractivity contribution in [1.29, 1.82) is 5.26 Å². The molecule has 1 aromatic carbocycles. The number of nitrogens with zero attached hydrogens (tertiary/aromatic N) is 2. The van der Waals surface area contributed by atoms with Gasteiger partial charge < -0.3 is 10.1 Å². The number of ether oxygens (including phenoxy) is 1. The van der Waals surface area contributed by atoms with E-state index in [2.05, 4.69) is 16.4 Å². The predicted molar refractivity (Wildman–Crippen MR) is 75.8 cm³/mol. The van der Waals surface area contributed by atoms with Gasteiger partial charge in [-0.05, 0) is 12.1 Å². The van der Waals surface area contributed by atoms with E-state index in [1.807, 2.05) is 29.6 Å². The van der Waals surface area contributed by atoms with Crippen LogP contribution in [-0.2, 0) is 11.3 Å². The molecule has 0 aliphatic rings. The number of methoxy groups -OCH3 is 1. The van der Waals surface area contributed by atoms with E-state index in [0.717, 1.165) is 29.4 Å². The van der Waals surface area contributed by atoms with E-state index < -0.39 is 0 Å². The highest BCUT2D eigenvalue weighted by molar-refractivity contribution is 7.09. The van der Waals surface area contributed by atoms with Crippen molar-refractivity contribution >= 4 is 11.3 Å². The molecule has 19 heavy (non-hydrogen) atoms. The third kappa shape index (κ3) is 3.86. The molecule has 0 aliphatic heterocycles. The molecule has 0 spiro atoms. The average Bonchev–Trinajstić information content (AvgIpc) is 2.92. The summed E-state index contributed by atoms with van der Waals surface area (Å²) < 4.78 is 4.97. The summed E-state index contributed by atoms with van der Waals surface area (Å²) in [6.45, 7) is 2.28. The molecule has 2 aromatic rings. The van der Waals surface area contributed by atoms with Crippen molar-refractivity contribution in [1.82, 2.24) is 10.3 Å². The number of rotatable bonds is 6. The molecule has 0 amide bonds. The number of benzene rings is 1. The molecule has 0 atom stereocenters. The molecule has 0 bridgehead atoms. The molecule has 0 radical (unpaired) electrons. The highest BCUT2D eigenvalue weighted by atomic mass is 32.1. The SMILES string of the molecule is COCCNCc1nc(-c2ccc(C#N)cc2)cs1. The van der Waals surface area contributed by atoms with E-state index in [1.165, 1.54) is 0 Å². The molecule has 0 saturated carbocycles. The molecular weight excluding hydrogens is 258 g/mol. The summed E-state index contributed by atoms with van der Waals surface area (Å²) in [5.41, 5.74) is 2.66. The van der Waals surface area contributed by atoms with Gasteiger partial charge in [0, 0.05) is 31.1 Å². The summed E-state index contributed by atoms with van der Waals surface area (Å²) in [5, 5.41) is 15.1. The van der Waals surface area contributed by atoms with Crippen LogP contribution in [-0.4, -0.2) is 25.2 Å². The number of hydrogen-bond donors (Lipinski definition) is 1. The van der Waals surface area contributed by atoms with Gasteiger partial charge in [-0.15, -0.1) is 11.3 Å². The standard InChI is InChI=1S/C14H15N3OS/c1-18-7-6-16-9-14-17-13(10-19-14)12-4-2-11(8-15)3-5-12/h2-5,10,16H,6-7,9H2,1H3. The van der Waals surface area contributed by atoms with Gasteiger partial charge in [-0.1, -0.05) is 12.1 Å². The molecule has 0 unspecified atom stereocenters. The zero-order valence-electron chi connectivity index (χ0n) is 10.7. The first-order chi connectivity index (χ1) is 9.33. The van der Waals surface area contributed by atoms with E-state index in [4.69, 9.17) is 10.00 Å². The first kappa shape index (κ1) is 13.7. The Bertz CT molecular complexity index is 557. The molecule has 0 fully saturated rings. The molecule has 0 aliphatic carbocycles. The lowest BCUT2D eigenvalue weighted by molar-refractivity contribution is 0.199. The van der Waals surface area contributed by atoms with Gasteiger partial charge in [0.2, 0.25) is 0 Å². The minimum absolute atomic E-state index is 0.667. The summed E-state index contributed by atoms with van der Waals surface area (Å²) in [7, 11) is 1.69. The summed E-state index contributed by atoms with van der Waals surface area (Å²) in [6.07, 6.45) is 0. The highest BCUT2D eigenvalue weighted by Gasteiger charge is 2.04. The predicted octanol–water partition coefficient (Wildman–Crippen LogP) is 2.42. The summed E-state index contributed by atoms with van der Waals surface area (Å²) in [5.74, 6) is 0. The van der Waals surface area contributed by atoms with Crippen molar-refractivity contribution in [2.24, 2.45) is 0 Å². The third-order valence-corrected chi connectivity index (χ3v) is 3.47. The topological polar surface area (TPSA) is 57.9 Å². The quantitative estimate of drug-likeness (QED) is 0.821. The number of nitriles is 1. The van der Waals surface area contributed by atoms with Crippen molar-refractivity contribution in [3.8, 4) is 17.3 Å². The summed E-state index contributed by atoms with van der Waals surface area (Å²) >= 11 is 1.63. The van der Waals surface area contributed by atoms with Crippen LogP contribution in [0.1, 0.15) is 10.6 Å². The maximum Gasteiger partial charge on any atom is 0.107 e. The highest BCUT2D eigenvalue weighted by Crippen LogP contribution is 2.22. The second-order valence-corrected chi connectivity index (χ2v) is 4.93. The Morgan fingerprint density at radius 2 is 2.16 bits per heavy atom. The molecule has 5 heteroatoms. The fraction of sp³-hybridized carbons (Fsp3) is 0.286. The van der Waals surface area contributed by atoms with E-state index in [1.54, 1.807) is 18.4 Å². The fourth-order valence-corrected chi connectivity index (χ4v) is 2.38. The van der Waals surface area contributed by atoms with E-state index in [0.29, 0.717) is 12.2 Å². The monoisotopic (exact) mass is 273 g/mol. The summed E-state index contributed by atoms with van der Waals surface area (Å²) in [4.78, 5) is 4.57. The van der Waals surface area contributed by atoms with Crippen LogP contribution >= 0.6 is 11.3 Å². The lowest BCUT2D eigenvalue weighted by Crippen LogP contribution is -2.18. The van der Waals surface area contributed by atoms with Crippen molar-refractivity contribution in [2.45, 2.75) is 6.54 Å². The Hall–Kier alpha value is -1.74. The van der Waals surface area contributed by atoms with Crippen molar-refractivity contribution < 1.29 is 4.74 Å². The van der Waals surface area contributed by atoms with E-state index >= 15 is 0 Å². The van der Waals surface area contributed by atoms with E-state index in [9.17, 15) is 0 Å². The van der Waals surface area contributed by atoms with Crippen LogP contribution in [0.25, 0.3) is 11.3 Å². The van der Waals surface area contributed by atoms with Crippen LogP contribution in [0.4, 0.5) is 0 Å². The average molecular weight is 273 g/mol. The smallest absolute Gasteiger partial charge is 0.107 e. The first-order valence-electron chi connectivity index (χ1n) is 5.98. The second-order valence-electron chi connectivity index (χ2n) is 3.99. The Balaban J connectivity index is 1.98. The molecule has 1 N–H and O–H groups in total. The van der Waals surface area contributed by atoms with Gasteiger partial charge in [-0.3, -0.25) is 0 Å². The molecule has 2 rings (SSSR count). The molecule has 98 valence electrons. The van der Waals surface area contributed by atoms with Gasteiger partial charge >= 0.3 is 0 Å². The second kappa shape index (κ2) is 7.00. The molecule has 1 aromatic heterocycles. The third-order valence-electron chi connectivity index (χ3n) is 2.62. The maximum absolute atomic E-state index is 8.76. The van der Waals surface area contributed by atoms with Crippen LogP contribution in [0.15, 0.2) is 29.6 Å². The number of thiazole rings is 1. The zero-order chi connectivity index (χ0) is 13.5. The van der Waals surface area contributed by atoms with Crippen LogP contribution in [0.2, 0.25) is 0 Å². The van der Waals surface area contributed by atoms with Gasteiger partial charge in [0.25, 0.3) is 0 Å². The molecule has 0 saturated heterocycles. The van der Waals surface area contributed by atoms with Gasteiger partial charge in [-0.2, -0.15) is 5.26 Å². The van der Waals surface area contributed by atoms with Gasteiger partial charge in [0.1, 0.15) is 5.01 Å². The maximum atomic E-state index is 8.76. The lowest BCUT2D eigenvalue weighted by Gasteiger charge is -2.00. The summed E-state index contributed by atoms with van der Waals surface area (Å²) in [6, 6.07) is 9.59. The Morgan fingerprint density at radius 3 is 2.84 bits per heavy atom. The van der Waals surface area contributed by atoms with Crippen LogP contribution < -0.4 is 5.32 Å². The van der Waals surface area contributed by atoms with Crippen LogP contribution in [0.3, 0.4) is 0 Å². The normalized spacial score (nSPS) is 10.3. The molecular formula is C14H15N3OS. The van der Waals surface area contributed by atoms with Gasteiger partial charge in [-0.25, -0.2) is 4.98 Å². The Labute approximate surface area is 116 Å². The minimum atomic E-state index is 0.667. The molecule has 4 nitrogen and oxygen atoms in total. The lowest BCUT2D eigenvalue weighted by atomic mass is 10.1.